The molecule has 3 heterocycles. The third kappa shape index (κ3) is 2.14. The average molecular weight is 277 g/mol. The maximum absolute atomic E-state index is 5.93. The molecule has 18 heavy (non-hydrogen) atoms. The number of rotatable bonds is 2. The normalized spacial score (nSPS) is 10.8. The van der Waals surface area contributed by atoms with Crippen molar-refractivity contribution < 1.29 is 0 Å². The molecule has 3 rings (SSSR count). The van der Waals surface area contributed by atoms with E-state index in [2.05, 4.69) is 26.3 Å². The van der Waals surface area contributed by atoms with Gasteiger partial charge in [-0.15, -0.1) is 11.3 Å². The van der Waals surface area contributed by atoms with Crippen molar-refractivity contribution >= 4 is 44.7 Å². The molecule has 0 radical (unpaired) electrons. The van der Waals surface area contributed by atoms with E-state index in [1.807, 2.05) is 19.1 Å². The molecule has 0 saturated heterocycles. The van der Waals surface area contributed by atoms with Gasteiger partial charge in [0.15, 0.2) is 0 Å². The summed E-state index contributed by atoms with van der Waals surface area (Å²) in [6, 6.07) is 5.84. The number of fused-ring (bicyclic) bond motifs is 1. The maximum Gasteiger partial charge on any atom is 0.225 e. The summed E-state index contributed by atoms with van der Waals surface area (Å²) in [7, 11) is 0. The van der Waals surface area contributed by atoms with Crippen molar-refractivity contribution in [1.82, 2.24) is 15.0 Å². The number of thiophene rings is 1. The van der Waals surface area contributed by atoms with Crippen LogP contribution in [-0.4, -0.2) is 15.0 Å². The summed E-state index contributed by atoms with van der Waals surface area (Å²) in [5.74, 6) is 0.711. The second-order valence-corrected chi connectivity index (χ2v) is 5.36. The van der Waals surface area contributed by atoms with Crippen LogP contribution in [0.5, 0.6) is 0 Å². The highest BCUT2D eigenvalue weighted by molar-refractivity contribution is 7.18. The van der Waals surface area contributed by atoms with Crippen LogP contribution in [0.2, 0.25) is 5.28 Å². The van der Waals surface area contributed by atoms with Crippen LogP contribution in [0.25, 0.3) is 10.2 Å². The molecule has 0 aromatic carbocycles. The maximum atomic E-state index is 5.93. The van der Waals surface area contributed by atoms with Crippen LogP contribution in [0.4, 0.5) is 11.5 Å². The van der Waals surface area contributed by atoms with Gasteiger partial charge in [-0.25, -0.2) is 4.98 Å². The highest BCUT2D eigenvalue weighted by Crippen LogP contribution is 2.30. The molecule has 3 aromatic rings. The van der Waals surface area contributed by atoms with E-state index in [1.54, 1.807) is 23.7 Å². The number of hydrogen-bond acceptors (Lipinski definition) is 5. The number of anilines is 2. The second-order valence-electron chi connectivity index (χ2n) is 3.78. The highest BCUT2D eigenvalue weighted by Gasteiger charge is 2.09. The third-order valence-electron chi connectivity index (χ3n) is 2.41. The molecular formula is C12H9ClN4S. The van der Waals surface area contributed by atoms with E-state index in [9.17, 15) is 0 Å². The monoisotopic (exact) mass is 276 g/mol. The summed E-state index contributed by atoms with van der Waals surface area (Å²) < 4.78 is 0. The lowest BCUT2D eigenvalue weighted by Gasteiger charge is -2.06. The predicted octanol–water partition coefficient (Wildman–Crippen LogP) is 3.79. The first kappa shape index (κ1) is 11.4. The minimum absolute atomic E-state index is 0.246. The summed E-state index contributed by atoms with van der Waals surface area (Å²) in [5, 5.41) is 4.43. The molecule has 0 aliphatic rings. The van der Waals surface area contributed by atoms with Crippen LogP contribution in [-0.2, 0) is 0 Å². The van der Waals surface area contributed by atoms with E-state index in [4.69, 9.17) is 11.6 Å². The molecule has 0 amide bonds. The lowest BCUT2D eigenvalue weighted by molar-refractivity contribution is 1.22. The molecule has 0 bridgehead atoms. The standard InChI is InChI=1S/C12H9ClN4S/c1-7-5-9-10(15-8-3-2-4-14-6-8)16-12(13)17-11(9)18-7/h2-6H,1H3,(H,15,16,17). The molecule has 3 aromatic heterocycles. The van der Waals surface area contributed by atoms with Crippen molar-refractivity contribution in [3.05, 3.63) is 40.8 Å². The Morgan fingerprint density at radius 1 is 1.33 bits per heavy atom. The SMILES string of the molecule is Cc1cc2c(Nc3cccnc3)nc(Cl)nc2s1. The minimum Gasteiger partial charge on any atom is -0.338 e. The molecule has 0 unspecified atom stereocenters. The average Bonchev–Trinajstić information content (AvgIpc) is 2.71. The molecule has 0 fully saturated rings. The van der Waals surface area contributed by atoms with E-state index in [0.29, 0.717) is 5.82 Å². The highest BCUT2D eigenvalue weighted by atomic mass is 35.5. The lowest BCUT2D eigenvalue weighted by atomic mass is 10.3. The Balaban J connectivity index is 2.10. The number of aromatic nitrogens is 3. The molecular weight excluding hydrogens is 268 g/mol. The van der Waals surface area contributed by atoms with Crippen LogP contribution >= 0.6 is 22.9 Å². The van der Waals surface area contributed by atoms with Crippen LogP contribution in [0.1, 0.15) is 4.88 Å². The van der Waals surface area contributed by atoms with E-state index >= 15 is 0 Å². The summed E-state index contributed by atoms with van der Waals surface area (Å²) in [5.41, 5.74) is 0.873. The van der Waals surface area contributed by atoms with Crippen molar-refractivity contribution in [2.75, 3.05) is 5.32 Å². The molecule has 90 valence electrons. The second kappa shape index (κ2) is 4.51. The van der Waals surface area contributed by atoms with Crippen molar-refractivity contribution in [2.45, 2.75) is 6.92 Å². The van der Waals surface area contributed by atoms with E-state index in [1.165, 1.54) is 4.88 Å². The van der Waals surface area contributed by atoms with Crippen LogP contribution in [0, 0.1) is 6.92 Å². The van der Waals surface area contributed by atoms with Gasteiger partial charge in [-0.05, 0) is 36.7 Å². The van der Waals surface area contributed by atoms with Crippen molar-refractivity contribution in [2.24, 2.45) is 0 Å². The molecule has 1 N–H and O–H groups in total. The molecule has 0 saturated carbocycles. The number of nitrogens with one attached hydrogen (secondary N) is 1. The first-order valence-electron chi connectivity index (χ1n) is 5.33. The number of aryl methyl sites for hydroxylation is 1. The predicted molar refractivity (Wildman–Crippen MR) is 74.7 cm³/mol. The zero-order valence-corrected chi connectivity index (χ0v) is 11.1. The van der Waals surface area contributed by atoms with Gasteiger partial charge in [-0.3, -0.25) is 4.98 Å². The van der Waals surface area contributed by atoms with Gasteiger partial charge in [0.2, 0.25) is 5.28 Å². The summed E-state index contributed by atoms with van der Waals surface area (Å²) >= 11 is 7.53. The Bertz CT molecular complexity index is 696. The van der Waals surface area contributed by atoms with Crippen LogP contribution in [0.3, 0.4) is 0 Å². The molecule has 0 spiro atoms. The van der Waals surface area contributed by atoms with Crippen molar-refractivity contribution in [3.8, 4) is 0 Å². The Morgan fingerprint density at radius 2 is 2.22 bits per heavy atom. The topological polar surface area (TPSA) is 50.7 Å². The Labute approximate surface area is 113 Å². The van der Waals surface area contributed by atoms with Crippen molar-refractivity contribution in [3.63, 3.8) is 0 Å². The van der Waals surface area contributed by atoms with Gasteiger partial charge in [0.25, 0.3) is 0 Å². The first-order valence-corrected chi connectivity index (χ1v) is 6.52. The minimum atomic E-state index is 0.246. The summed E-state index contributed by atoms with van der Waals surface area (Å²) in [6.45, 7) is 2.04. The van der Waals surface area contributed by atoms with Gasteiger partial charge < -0.3 is 5.32 Å². The van der Waals surface area contributed by atoms with Gasteiger partial charge in [-0.1, -0.05) is 0 Å². The van der Waals surface area contributed by atoms with Gasteiger partial charge in [0, 0.05) is 11.1 Å². The zero-order chi connectivity index (χ0) is 12.5. The van der Waals surface area contributed by atoms with Crippen molar-refractivity contribution in [1.29, 1.82) is 0 Å². The summed E-state index contributed by atoms with van der Waals surface area (Å²) in [4.78, 5) is 14.6. The molecule has 4 nitrogen and oxygen atoms in total. The number of halogens is 1. The van der Waals surface area contributed by atoms with Gasteiger partial charge in [-0.2, -0.15) is 4.98 Å². The number of nitrogens with zero attached hydrogens (tertiary/aromatic N) is 3. The molecule has 6 heteroatoms. The Morgan fingerprint density at radius 3 is 3.00 bits per heavy atom. The van der Waals surface area contributed by atoms with E-state index < -0.39 is 0 Å². The first-order chi connectivity index (χ1) is 8.72. The zero-order valence-electron chi connectivity index (χ0n) is 9.51. The number of hydrogen-bond donors (Lipinski definition) is 1. The van der Waals surface area contributed by atoms with Gasteiger partial charge in [0.05, 0.1) is 17.3 Å². The van der Waals surface area contributed by atoms with E-state index in [0.717, 1.165) is 15.9 Å². The quantitative estimate of drug-likeness (QED) is 0.724. The van der Waals surface area contributed by atoms with Crippen LogP contribution < -0.4 is 5.32 Å². The fraction of sp³-hybridized carbons (Fsp3) is 0.0833. The van der Waals surface area contributed by atoms with Crippen LogP contribution in [0.15, 0.2) is 30.6 Å². The van der Waals surface area contributed by atoms with E-state index in [-0.39, 0.29) is 5.28 Å². The van der Waals surface area contributed by atoms with Gasteiger partial charge >= 0.3 is 0 Å². The smallest absolute Gasteiger partial charge is 0.225 e. The number of pyridine rings is 1. The summed E-state index contributed by atoms with van der Waals surface area (Å²) in [6.07, 6.45) is 3.46. The Hall–Kier alpha value is -1.72. The molecule has 0 atom stereocenters. The fourth-order valence-corrected chi connectivity index (χ4v) is 2.78. The largest absolute Gasteiger partial charge is 0.338 e. The van der Waals surface area contributed by atoms with Gasteiger partial charge in [0.1, 0.15) is 10.6 Å². The lowest BCUT2D eigenvalue weighted by Crippen LogP contribution is -1.96. The molecule has 0 aliphatic carbocycles. The fourth-order valence-electron chi connectivity index (χ4n) is 1.68. The molecule has 0 aliphatic heterocycles. The third-order valence-corrected chi connectivity index (χ3v) is 3.53. The Kier molecular flexibility index (Phi) is 2.85.